The Kier molecular flexibility index (Phi) is 3.36. The van der Waals surface area contributed by atoms with E-state index in [-0.39, 0.29) is 12.4 Å². The largest absolute Gasteiger partial charge is 0.416 e. The van der Waals surface area contributed by atoms with Crippen LogP contribution in [-0.4, -0.2) is 13.1 Å². The van der Waals surface area contributed by atoms with Gasteiger partial charge >= 0.3 is 6.18 Å². The summed E-state index contributed by atoms with van der Waals surface area (Å²) < 4.78 is 37.3. The summed E-state index contributed by atoms with van der Waals surface area (Å²) in [6.07, 6.45) is -1.96. The molecule has 3 rings (SSSR count). The number of benzene rings is 1. The third kappa shape index (κ3) is 2.24. The maximum atomic E-state index is 12.4. The average molecular weight is 278 g/mol. The van der Waals surface area contributed by atoms with E-state index in [1.807, 2.05) is 0 Å². The van der Waals surface area contributed by atoms with E-state index in [9.17, 15) is 13.2 Å². The van der Waals surface area contributed by atoms with Crippen LogP contribution in [-0.2, 0) is 6.18 Å². The van der Waals surface area contributed by atoms with Crippen molar-refractivity contribution in [3.63, 3.8) is 0 Å². The van der Waals surface area contributed by atoms with E-state index in [0.29, 0.717) is 11.3 Å². The second-order valence-corrected chi connectivity index (χ2v) is 5.17. The van der Waals surface area contributed by atoms with Crippen molar-refractivity contribution in [2.24, 2.45) is 5.41 Å². The van der Waals surface area contributed by atoms with E-state index < -0.39 is 11.7 Å². The van der Waals surface area contributed by atoms with Gasteiger partial charge in [-0.2, -0.15) is 13.2 Å². The first-order valence-electron chi connectivity index (χ1n) is 5.89. The topological polar surface area (TPSA) is 12.0 Å². The standard InChI is InChI=1S/C13H14F3N.ClH/c14-13(15,16)10-3-1-9(2-4-10)11-7-12(11)5-6-17-8-12;/h1-4,11,17H,5-8H2;1H. The summed E-state index contributed by atoms with van der Waals surface area (Å²) in [5.41, 5.74) is 0.849. The van der Waals surface area contributed by atoms with E-state index >= 15 is 0 Å². The van der Waals surface area contributed by atoms with Gasteiger partial charge in [-0.1, -0.05) is 12.1 Å². The molecular formula is C13H15ClF3N. The summed E-state index contributed by atoms with van der Waals surface area (Å²) in [7, 11) is 0. The Bertz CT molecular complexity index is 421. The molecule has 0 bridgehead atoms. The number of alkyl halides is 3. The van der Waals surface area contributed by atoms with E-state index in [0.717, 1.165) is 31.5 Å². The van der Waals surface area contributed by atoms with Crippen LogP contribution < -0.4 is 5.32 Å². The molecule has 2 atom stereocenters. The molecular weight excluding hydrogens is 263 g/mol. The summed E-state index contributed by atoms with van der Waals surface area (Å²) >= 11 is 0. The molecule has 0 aromatic heterocycles. The number of rotatable bonds is 1. The van der Waals surface area contributed by atoms with Crippen LogP contribution in [0, 0.1) is 5.41 Å². The van der Waals surface area contributed by atoms with Crippen LogP contribution >= 0.6 is 12.4 Å². The van der Waals surface area contributed by atoms with Gasteiger partial charge in [-0.05, 0) is 48.4 Å². The zero-order valence-electron chi connectivity index (χ0n) is 9.76. The van der Waals surface area contributed by atoms with Gasteiger partial charge in [-0.3, -0.25) is 0 Å². The quantitative estimate of drug-likeness (QED) is 0.827. The van der Waals surface area contributed by atoms with Crippen LogP contribution in [0.15, 0.2) is 24.3 Å². The first-order chi connectivity index (χ1) is 8.01. The molecule has 2 unspecified atom stereocenters. The predicted molar refractivity (Wildman–Crippen MR) is 66.0 cm³/mol. The van der Waals surface area contributed by atoms with Crippen molar-refractivity contribution in [2.45, 2.75) is 24.9 Å². The Morgan fingerprint density at radius 1 is 1.17 bits per heavy atom. The lowest BCUT2D eigenvalue weighted by atomic mass is 9.97. The van der Waals surface area contributed by atoms with Gasteiger partial charge in [0.05, 0.1) is 5.56 Å². The summed E-state index contributed by atoms with van der Waals surface area (Å²) in [4.78, 5) is 0. The molecule has 18 heavy (non-hydrogen) atoms. The van der Waals surface area contributed by atoms with Crippen LogP contribution in [0.5, 0.6) is 0 Å². The van der Waals surface area contributed by atoms with E-state index in [1.165, 1.54) is 12.1 Å². The zero-order valence-corrected chi connectivity index (χ0v) is 10.6. The molecule has 1 N–H and O–H groups in total. The zero-order chi connectivity index (χ0) is 12.1. The predicted octanol–water partition coefficient (Wildman–Crippen LogP) is 3.59. The number of halogens is 4. The molecule has 0 amide bonds. The molecule has 1 aromatic rings. The highest BCUT2D eigenvalue weighted by Crippen LogP contribution is 2.62. The summed E-state index contributed by atoms with van der Waals surface area (Å²) in [5.74, 6) is 0.458. The van der Waals surface area contributed by atoms with Gasteiger partial charge in [0.2, 0.25) is 0 Å². The maximum absolute atomic E-state index is 12.4. The maximum Gasteiger partial charge on any atom is 0.416 e. The van der Waals surface area contributed by atoms with Gasteiger partial charge in [-0.25, -0.2) is 0 Å². The molecule has 2 aliphatic rings. The average Bonchev–Trinajstić information content (AvgIpc) is 2.76. The van der Waals surface area contributed by atoms with Crippen LogP contribution in [0.2, 0.25) is 0 Å². The fraction of sp³-hybridized carbons (Fsp3) is 0.538. The van der Waals surface area contributed by atoms with Gasteiger partial charge in [0, 0.05) is 6.54 Å². The van der Waals surface area contributed by atoms with Gasteiger partial charge < -0.3 is 5.32 Å². The minimum atomic E-state index is -4.23. The smallest absolute Gasteiger partial charge is 0.316 e. The molecule has 5 heteroatoms. The van der Waals surface area contributed by atoms with Gasteiger partial charge in [0.15, 0.2) is 0 Å². The normalized spacial score (nSPS) is 30.3. The monoisotopic (exact) mass is 277 g/mol. The molecule has 1 aliphatic heterocycles. The van der Waals surface area contributed by atoms with Crippen molar-refractivity contribution in [3.05, 3.63) is 35.4 Å². The summed E-state index contributed by atoms with van der Waals surface area (Å²) in [6.45, 7) is 2.05. The highest BCUT2D eigenvalue weighted by molar-refractivity contribution is 5.85. The fourth-order valence-corrected chi connectivity index (χ4v) is 2.96. The molecule has 1 saturated carbocycles. The van der Waals surface area contributed by atoms with E-state index in [2.05, 4.69) is 5.32 Å². The molecule has 1 heterocycles. The second-order valence-electron chi connectivity index (χ2n) is 5.17. The first kappa shape index (κ1) is 13.7. The number of hydrogen-bond acceptors (Lipinski definition) is 1. The minimum absolute atomic E-state index is 0. The molecule has 1 aliphatic carbocycles. The highest BCUT2D eigenvalue weighted by Gasteiger charge is 2.55. The first-order valence-corrected chi connectivity index (χ1v) is 5.89. The van der Waals surface area contributed by atoms with E-state index in [4.69, 9.17) is 0 Å². The molecule has 0 radical (unpaired) electrons. The van der Waals surface area contributed by atoms with Crippen molar-refractivity contribution in [2.75, 3.05) is 13.1 Å². The third-order valence-electron chi connectivity index (χ3n) is 4.11. The van der Waals surface area contributed by atoms with Crippen LogP contribution in [0.4, 0.5) is 13.2 Å². The fourth-order valence-electron chi connectivity index (χ4n) is 2.96. The SMILES string of the molecule is Cl.FC(F)(F)c1ccc(C2CC23CCNC3)cc1. The van der Waals surface area contributed by atoms with Crippen molar-refractivity contribution in [3.8, 4) is 0 Å². The minimum Gasteiger partial charge on any atom is -0.316 e. The highest BCUT2D eigenvalue weighted by atomic mass is 35.5. The number of hydrogen-bond donors (Lipinski definition) is 1. The van der Waals surface area contributed by atoms with Crippen molar-refractivity contribution < 1.29 is 13.2 Å². The Morgan fingerprint density at radius 2 is 1.83 bits per heavy atom. The Morgan fingerprint density at radius 3 is 2.33 bits per heavy atom. The summed E-state index contributed by atoms with van der Waals surface area (Å²) in [6, 6.07) is 5.68. The molecule has 2 fully saturated rings. The van der Waals surface area contributed by atoms with Crippen LogP contribution in [0.3, 0.4) is 0 Å². The molecule has 1 spiro atoms. The summed E-state index contributed by atoms with van der Waals surface area (Å²) in [5, 5.41) is 3.33. The Hall–Kier alpha value is -0.740. The lowest BCUT2D eigenvalue weighted by molar-refractivity contribution is -0.137. The lowest BCUT2D eigenvalue weighted by Gasteiger charge is -2.10. The third-order valence-corrected chi connectivity index (χ3v) is 4.11. The number of nitrogens with one attached hydrogen (secondary N) is 1. The molecule has 100 valence electrons. The van der Waals surface area contributed by atoms with Crippen molar-refractivity contribution >= 4 is 12.4 Å². The molecule has 1 nitrogen and oxygen atoms in total. The Labute approximate surface area is 110 Å². The van der Waals surface area contributed by atoms with Crippen LogP contribution in [0.1, 0.15) is 29.9 Å². The van der Waals surface area contributed by atoms with Crippen LogP contribution in [0.25, 0.3) is 0 Å². The van der Waals surface area contributed by atoms with Gasteiger partial charge in [0.1, 0.15) is 0 Å². The lowest BCUT2D eigenvalue weighted by Crippen LogP contribution is -2.10. The molecule has 1 saturated heterocycles. The van der Waals surface area contributed by atoms with Gasteiger partial charge in [-0.15, -0.1) is 12.4 Å². The van der Waals surface area contributed by atoms with Crippen molar-refractivity contribution in [1.29, 1.82) is 0 Å². The van der Waals surface area contributed by atoms with E-state index in [1.54, 1.807) is 12.1 Å². The molecule has 1 aromatic carbocycles. The Balaban J connectivity index is 0.00000120. The van der Waals surface area contributed by atoms with Crippen molar-refractivity contribution in [1.82, 2.24) is 5.32 Å². The van der Waals surface area contributed by atoms with Gasteiger partial charge in [0.25, 0.3) is 0 Å². The second kappa shape index (κ2) is 4.42.